The maximum Gasteiger partial charge on any atom is 0.271 e. The molecule has 0 fully saturated rings. The maximum atomic E-state index is 12.0. The lowest BCUT2D eigenvalue weighted by Gasteiger charge is -2.15. The van der Waals surface area contributed by atoms with Crippen LogP contribution in [0.15, 0.2) is 41.1 Å². The van der Waals surface area contributed by atoms with E-state index >= 15 is 0 Å². The molecule has 1 heterocycles. The first-order valence-corrected chi connectivity index (χ1v) is 6.71. The number of halogens is 1. The van der Waals surface area contributed by atoms with E-state index in [1.807, 2.05) is 38.1 Å². The van der Waals surface area contributed by atoms with E-state index in [-0.39, 0.29) is 11.9 Å². The van der Waals surface area contributed by atoms with Crippen molar-refractivity contribution < 1.29 is 4.79 Å². The molecule has 0 aliphatic heterocycles. The molecule has 19 heavy (non-hydrogen) atoms. The van der Waals surface area contributed by atoms with Gasteiger partial charge in [0.1, 0.15) is 5.69 Å². The fourth-order valence-electron chi connectivity index (χ4n) is 1.68. The van der Waals surface area contributed by atoms with Crippen molar-refractivity contribution in [2.24, 2.45) is 0 Å². The molecule has 0 bridgehead atoms. The normalized spacial score (nSPS) is 11.9. The molecule has 1 N–H and O–H groups in total. The highest BCUT2D eigenvalue weighted by molar-refractivity contribution is 9.10. The van der Waals surface area contributed by atoms with E-state index in [1.54, 1.807) is 6.20 Å². The molecule has 5 heteroatoms. The molecular weight excluding hydrogens is 306 g/mol. The van der Waals surface area contributed by atoms with Gasteiger partial charge in [0.25, 0.3) is 5.91 Å². The number of rotatable bonds is 3. The van der Waals surface area contributed by atoms with Crippen molar-refractivity contribution >= 4 is 21.8 Å². The van der Waals surface area contributed by atoms with Crippen LogP contribution in [-0.2, 0) is 0 Å². The number of hydrogen-bond acceptors (Lipinski definition) is 3. The maximum absolute atomic E-state index is 12.0. The Morgan fingerprint density at radius 1 is 1.26 bits per heavy atom. The minimum atomic E-state index is -0.226. The highest BCUT2D eigenvalue weighted by Crippen LogP contribution is 2.22. The summed E-state index contributed by atoms with van der Waals surface area (Å²) in [5.74, 6) is -0.226. The standard InChI is InChI=1S/C14H14BrN3O/c1-9-7-17-13(8-16-9)14(19)18-10(2)11-5-3-4-6-12(11)15/h3-8,10H,1-2H3,(H,18,19)/t10-/m0/s1. The van der Waals surface area contributed by atoms with Gasteiger partial charge >= 0.3 is 0 Å². The summed E-state index contributed by atoms with van der Waals surface area (Å²) in [7, 11) is 0. The fourth-order valence-corrected chi connectivity index (χ4v) is 2.31. The molecule has 1 aromatic heterocycles. The third-order valence-corrected chi connectivity index (χ3v) is 3.46. The van der Waals surface area contributed by atoms with E-state index in [9.17, 15) is 4.79 Å². The Balaban J connectivity index is 2.11. The topological polar surface area (TPSA) is 54.9 Å². The zero-order chi connectivity index (χ0) is 13.8. The van der Waals surface area contributed by atoms with E-state index in [1.165, 1.54) is 6.20 Å². The second-order valence-electron chi connectivity index (χ2n) is 4.26. The van der Waals surface area contributed by atoms with Crippen LogP contribution < -0.4 is 5.32 Å². The van der Waals surface area contributed by atoms with Gasteiger partial charge in [-0.3, -0.25) is 9.78 Å². The number of amides is 1. The zero-order valence-corrected chi connectivity index (χ0v) is 12.3. The lowest BCUT2D eigenvalue weighted by molar-refractivity contribution is 0.0934. The van der Waals surface area contributed by atoms with Gasteiger partial charge in [0.05, 0.1) is 17.9 Å². The molecule has 2 aromatic rings. The number of nitrogens with zero attached hydrogens (tertiary/aromatic N) is 2. The average Bonchev–Trinajstić information content (AvgIpc) is 2.39. The van der Waals surface area contributed by atoms with Crippen LogP contribution in [0, 0.1) is 6.92 Å². The Labute approximate surface area is 120 Å². The van der Waals surface area contributed by atoms with E-state index in [2.05, 4.69) is 31.2 Å². The number of aryl methyl sites for hydroxylation is 1. The molecule has 1 atom stereocenters. The molecule has 4 nitrogen and oxygen atoms in total. The summed E-state index contributed by atoms with van der Waals surface area (Å²) in [6, 6.07) is 7.69. The number of carbonyl (C=O) groups excluding carboxylic acids is 1. The first-order valence-electron chi connectivity index (χ1n) is 5.92. The molecule has 0 unspecified atom stereocenters. The van der Waals surface area contributed by atoms with Gasteiger partial charge in [-0.05, 0) is 25.5 Å². The second-order valence-corrected chi connectivity index (χ2v) is 5.11. The first kappa shape index (κ1) is 13.7. The predicted octanol–water partition coefficient (Wildman–Crippen LogP) is 3.04. The summed E-state index contributed by atoms with van der Waals surface area (Å²) >= 11 is 3.47. The van der Waals surface area contributed by atoms with Gasteiger partial charge in [-0.1, -0.05) is 34.1 Å². The van der Waals surface area contributed by atoms with Crippen molar-refractivity contribution in [3.8, 4) is 0 Å². The van der Waals surface area contributed by atoms with E-state index in [0.717, 1.165) is 15.7 Å². The Kier molecular flexibility index (Phi) is 4.27. The summed E-state index contributed by atoms with van der Waals surface area (Å²) < 4.78 is 0.970. The summed E-state index contributed by atoms with van der Waals surface area (Å²) in [4.78, 5) is 20.1. The van der Waals surface area contributed by atoms with Crippen molar-refractivity contribution in [3.63, 3.8) is 0 Å². The highest BCUT2D eigenvalue weighted by Gasteiger charge is 2.14. The Hall–Kier alpha value is -1.75. The predicted molar refractivity (Wildman–Crippen MR) is 76.8 cm³/mol. The molecule has 1 amide bonds. The van der Waals surface area contributed by atoms with Gasteiger partial charge in [-0.15, -0.1) is 0 Å². The van der Waals surface area contributed by atoms with Gasteiger partial charge in [-0.25, -0.2) is 4.98 Å². The molecule has 2 rings (SSSR count). The Bertz CT molecular complexity index is 583. The van der Waals surface area contributed by atoms with Crippen molar-refractivity contribution in [1.82, 2.24) is 15.3 Å². The number of nitrogens with one attached hydrogen (secondary N) is 1. The van der Waals surface area contributed by atoms with Crippen LogP contribution in [0.3, 0.4) is 0 Å². The van der Waals surface area contributed by atoms with Crippen LogP contribution >= 0.6 is 15.9 Å². The molecule has 0 aliphatic carbocycles. The Morgan fingerprint density at radius 2 is 2.00 bits per heavy atom. The van der Waals surface area contributed by atoms with Crippen molar-refractivity contribution in [2.45, 2.75) is 19.9 Å². The first-order chi connectivity index (χ1) is 9.08. The summed E-state index contributed by atoms with van der Waals surface area (Å²) in [6.07, 6.45) is 3.06. The second kappa shape index (κ2) is 5.93. The van der Waals surface area contributed by atoms with Crippen LogP contribution in [0.25, 0.3) is 0 Å². The van der Waals surface area contributed by atoms with Crippen LogP contribution in [0.4, 0.5) is 0 Å². The number of carbonyl (C=O) groups is 1. The molecule has 0 spiro atoms. The van der Waals surface area contributed by atoms with Gasteiger partial charge in [0.15, 0.2) is 0 Å². The SMILES string of the molecule is Cc1cnc(C(=O)N[C@@H](C)c2ccccc2Br)cn1. The van der Waals surface area contributed by atoms with E-state index < -0.39 is 0 Å². The monoisotopic (exact) mass is 319 g/mol. The molecule has 98 valence electrons. The van der Waals surface area contributed by atoms with Gasteiger partial charge in [0, 0.05) is 10.7 Å². The zero-order valence-electron chi connectivity index (χ0n) is 10.7. The fraction of sp³-hybridized carbons (Fsp3) is 0.214. The van der Waals surface area contributed by atoms with Crippen molar-refractivity contribution in [2.75, 3.05) is 0 Å². The molecule has 0 saturated heterocycles. The Morgan fingerprint density at radius 3 is 2.63 bits per heavy atom. The number of aromatic nitrogens is 2. The number of hydrogen-bond donors (Lipinski definition) is 1. The molecule has 0 aliphatic rings. The number of benzene rings is 1. The molecule has 1 aromatic carbocycles. The molecule has 0 saturated carbocycles. The molecular formula is C14H14BrN3O. The van der Waals surface area contributed by atoms with Crippen LogP contribution in [0.1, 0.15) is 34.7 Å². The summed E-state index contributed by atoms with van der Waals surface area (Å²) in [5.41, 5.74) is 2.14. The van der Waals surface area contributed by atoms with Crippen LogP contribution in [-0.4, -0.2) is 15.9 Å². The smallest absolute Gasteiger partial charge is 0.271 e. The minimum Gasteiger partial charge on any atom is -0.344 e. The van der Waals surface area contributed by atoms with Gasteiger partial charge in [-0.2, -0.15) is 0 Å². The van der Waals surface area contributed by atoms with Gasteiger partial charge < -0.3 is 5.32 Å². The average molecular weight is 320 g/mol. The van der Waals surface area contributed by atoms with E-state index in [4.69, 9.17) is 0 Å². The lowest BCUT2D eigenvalue weighted by Crippen LogP contribution is -2.27. The van der Waals surface area contributed by atoms with Crippen molar-refractivity contribution in [3.05, 3.63) is 58.1 Å². The summed E-state index contributed by atoms with van der Waals surface area (Å²) in [5, 5.41) is 2.90. The van der Waals surface area contributed by atoms with Crippen LogP contribution in [0.2, 0.25) is 0 Å². The highest BCUT2D eigenvalue weighted by atomic mass is 79.9. The largest absolute Gasteiger partial charge is 0.344 e. The minimum absolute atomic E-state index is 0.105. The molecule has 0 radical (unpaired) electrons. The lowest BCUT2D eigenvalue weighted by atomic mass is 10.1. The summed E-state index contributed by atoms with van der Waals surface area (Å²) in [6.45, 7) is 3.76. The van der Waals surface area contributed by atoms with Crippen molar-refractivity contribution in [1.29, 1.82) is 0 Å². The van der Waals surface area contributed by atoms with Gasteiger partial charge in [0.2, 0.25) is 0 Å². The van der Waals surface area contributed by atoms with Crippen LogP contribution in [0.5, 0.6) is 0 Å². The third kappa shape index (κ3) is 3.38. The van der Waals surface area contributed by atoms with E-state index in [0.29, 0.717) is 5.69 Å². The third-order valence-electron chi connectivity index (χ3n) is 2.73. The quantitative estimate of drug-likeness (QED) is 0.946.